The molecule has 3 aromatic carbocycles. The maximum absolute atomic E-state index is 13.4. The summed E-state index contributed by atoms with van der Waals surface area (Å²) in [6.07, 6.45) is 5.19. The van der Waals surface area contributed by atoms with Crippen molar-refractivity contribution in [1.82, 2.24) is 14.5 Å². The molecule has 1 saturated heterocycles. The zero-order valence-corrected chi connectivity index (χ0v) is 23.5. The van der Waals surface area contributed by atoms with Crippen molar-refractivity contribution >= 4 is 28.7 Å². The number of ether oxygens (including phenoxy) is 3. The number of hydrogen-bond donors (Lipinski definition) is 0. The summed E-state index contributed by atoms with van der Waals surface area (Å²) in [6, 6.07) is 14.5. The molecule has 4 aromatic rings. The number of nitrogens with zero attached hydrogens (tertiary/aromatic N) is 4. The third-order valence-electron chi connectivity index (χ3n) is 7.62. The summed E-state index contributed by atoms with van der Waals surface area (Å²) in [4.78, 5) is 37.3. The normalized spacial score (nSPS) is 15.8. The number of benzene rings is 3. The zero-order chi connectivity index (χ0) is 29.2. The van der Waals surface area contributed by atoms with Gasteiger partial charge in [0.2, 0.25) is 0 Å². The highest BCUT2D eigenvalue weighted by Gasteiger charge is 2.32. The Morgan fingerprint density at radius 3 is 2.55 bits per heavy atom. The minimum Gasteiger partial charge on any atom is -0.494 e. The number of unbranched alkanes of at least 4 members (excludes halogenated alkanes) is 1. The van der Waals surface area contributed by atoms with Gasteiger partial charge in [0.1, 0.15) is 17.4 Å². The standard InChI is InChI=1S/C32H31FN4O5/c1-20-35-27-12-11-24(16-25(27)32(39)37(20)22-9-7-21(33)8-10-22)41-14-3-4-15-42-30-18-28-26(17-29(30)40-2)31(38)36-13-5-6-23(36)19-34-28/h7-12,16-19,23H,3-6,13-15H2,1-2H3/t23-/m0/s1. The van der Waals surface area contributed by atoms with Gasteiger partial charge < -0.3 is 19.1 Å². The lowest BCUT2D eigenvalue weighted by Crippen LogP contribution is -2.35. The van der Waals surface area contributed by atoms with E-state index in [2.05, 4.69) is 9.98 Å². The van der Waals surface area contributed by atoms with Crippen LogP contribution in [0, 0.1) is 12.7 Å². The number of rotatable bonds is 9. The van der Waals surface area contributed by atoms with Gasteiger partial charge in [0.25, 0.3) is 11.5 Å². The molecule has 0 aliphatic carbocycles. The molecule has 2 aliphatic heterocycles. The first-order valence-electron chi connectivity index (χ1n) is 14.0. The first kappa shape index (κ1) is 27.4. The smallest absolute Gasteiger partial charge is 0.266 e. The van der Waals surface area contributed by atoms with E-state index >= 15 is 0 Å². The van der Waals surface area contributed by atoms with E-state index in [9.17, 15) is 14.0 Å². The molecule has 0 radical (unpaired) electrons. The molecule has 10 heteroatoms. The van der Waals surface area contributed by atoms with Crippen LogP contribution in [0.2, 0.25) is 0 Å². The third kappa shape index (κ3) is 5.32. The number of fused-ring (bicyclic) bond motifs is 3. The maximum atomic E-state index is 13.4. The molecule has 6 rings (SSSR count). The molecular weight excluding hydrogens is 539 g/mol. The fraction of sp³-hybridized carbons (Fsp3) is 0.312. The SMILES string of the molecule is COc1cc2c(cc1OCCCCOc1ccc3nc(C)n(-c4ccc(F)cc4)c(=O)c3c1)N=C[C@@H]1CCCN1C2=O. The van der Waals surface area contributed by atoms with E-state index in [1.54, 1.807) is 56.5 Å². The lowest BCUT2D eigenvalue weighted by molar-refractivity contribution is 0.0774. The van der Waals surface area contributed by atoms with E-state index in [0.717, 1.165) is 19.4 Å². The van der Waals surface area contributed by atoms with Crippen molar-refractivity contribution < 1.29 is 23.4 Å². The van der Waals surface area contributed by atoms with Crippen molar-refractivity contribution in [2.24, 2.45) is 4.99 Å². The molecule has 1 amide bonds. The average molecular weight is 571 g/mol. The number of amides is 1. The number of carbonyl (C=O) groups excluding carboxylic acids is 1. The second kappa shape index (κ2) is 11.6. The van der Waals surface area contributed by atoms with Crippen LogP contribution in [0.25, 0.3) is 16.6 Å². The van der Waals surface area contributed by atoms with Gasteiger partial charge in [-0.3, -0.25) is 19.1 Å². The van der Waals surface area contributed by atoms with Crippen LogP contribution in [-0.4, -0.2) is 59.5 Å². The van der Waals surface area contributed by atoms with Gasteiger partial charge in [-0.05, 0) is 81.1 Å². The molecule has 3 heterocycles. The number of methoxy groups -OCH3 is 1. The first-order chi connectivity index (χ1) is 20.4. The summed E-state index contributed by atoms with van der Waals surface area (Å²) >= 11 is 0. The van der Waals surface area contributed by atoms with Crippen molar-refractivity contribution in [2.45, 2.75) is 38.6 Å². The molecule has 216 valence electrons. The number of aromatic nitrogens is 2. The Bertz CT molecular complexity index is 1730. The molecule has 1 fully saturated rings. The predicted octanol–water partition coefficient (Wildman–Crippen LogP) is 5.40. The van der Waals surface area contributed by atoms with Gasteiger partial charge in [-0.2, -0.15) is 0 Å². The largest absolute Gasteiger partial charge is 0.494 e. The van der Waals surface area contributed by atoms with Gasteiger partial charge in [-0.25, -0.2) is 9.37 Å². The van der Waals surface area contributed by atoms with Crippen molar-refractivity contribution in [2.75, 3.05) is 26.9 Å². The maximum Gasteiger partial charge on any atom is 0.266 e. The van der Waals surface area contributed by atoms with Gasteiger partial charge in [-0.15, -0.1) is 0 Å². The average Bonchev–Trinajstić information content (AvgIpc) is 3.42. The summed E-state index contributed by atoms with van der Waals surface area (Å²) in [5.41, 5.74) is 1.98. The van der Waals surface area contributed by atoms with Crippen molar-refractivity contribution in [1.29, 1.82) is 0 Å². The minimum absolute atomic E-state index is 0.0269. The molecule has 42 heavy (non-hydrogen) atoms. The summed E-state index contributed by atoms with van der Waals surface area (Å²) in [5.74, 6) is 1.71. The second-order valence-electron chi connectivity index (χ2n) is 10.4. The van der Waals surface area contributed by atoms with E-state index in [0.29, 0.717) is 77.0 Å². The molecule has 0 N–H and O–H groups in total. The summed E-state index contributed by atoms with van der Waals surface area (Å²) < 4.78 is 32.3. The summed E-state index contributed by atoms with van der Waals surface area (Å²) in [7, 11) is 1.56. The molecule has 0 spiro atoms. The summed E-state index contributed by atoms with van der Waals surface area (Å²) in [6.45, 7) is 3.33. The topological polar surface area (TPSA) is 95.2 Å². The van der Waals surface area contributed by atoms with Crippen molar-refractivity contribution in [3.8, 4) is 22.9 Å². The van der Waals surface area contributed by atoms with Gasteiger partial charge in [0, 0.05) is 18.8 Å². The molecular formula is C32H31FN4O5. The molecule has 1 atom stereocenters. The Kier molecular flexibility index (Phi) is 7.60. The highest BCUT2D eigenvalue weighted by atomic mass is 19.1. The number of halogens is 1. The minimum atomic E-state index is -0.373. The quantitative estimate of drug-likeness (QED) is 0.250. The number of hydrogen-bond acceptors (Lipinski definition) is 7. The van der Waals surface area contributed by atoms with E-state index in [1.807, 2.05) is 11.1 Å². The Hall–Kier alpha value is -4.73. The molecule has 0 unspecified atom stereocenters. The fourth-order valence-corrected chi connectivity index (χ4v) is 5.46. The lowest BCUT2D eigenvalue weighted by Gasteiger charge is -2.20. The number of aryl methyl sites for hydroxylation is 1. The fourth-order valence-electron chi connectivity index (χ4n) is 5.46. The van der Waals surface area contributed by atoms with E-state index in [-0.39, 0.29) is 23.3 Å². The van der Waals surface area contributed by atoms with Crippen LogP contribution in [0.15, 0.2) is 64.4 Å². The summed E-state index contributed by atoms with van der Waals surface area (Å²) in [5, 5.41) is 0.419. The Labute approximate surface area is 242 Å². The van der Waals surface area contributed by atoms with Crippen molar-refractivity contribution in [3.63, 3.8) is 0 Å². The Morgan fingerprint density at radius 2 is 1.76 bits per heavy atom. The molecule has 2 aliphatic rings. The zero-order valence-electron chi connectivity index (χ0n) is 23.5. The molecule has 9 nitrogen and oxygen atoms in total. The van der Waals surface area contributed by atoms with Crippen LogP contribution in [0.4, 0.5) is 10.1 Å². The monoisotopic (exact) mass is 570 g/mol. The highest BCUT2D eigenvalue weighted by Crippen LogP contribution is 2.38. The lowest BCUT2D eigenvalue weighted by atomic mass is 10.1. The van der Waals surface area contributed by atoms with Crippen LogP contribution in [0.5, 0.6) is 17.2 Å². The number of aliphatic imine (C=N–C) groups is 1. The van der Waals surface area contributed by atoms with Gasteiger partial charge in [0.15, 0.2) is 11.5 Å². The first-order valence-corrected chi connectivity index (χ1v) is 14.0. The van der Waals surface area contributed by atoms with Gasteiger partial charge >= 0.3 is 0 Å². The van der Waals surface area contributed by atoms with Crippen LogP contribution in [0.3, 0.4) is 0 Å². The van der Waals surface area contributed by atoms with Crippen LogP contribution < -0.4 is 19.8 Å². The second-order valence-corrected chi connectivity index (χ2v) is 10.4. The van der Waals surface area contributed by atoms with Gasteiger partial charge in [0.05, 0.1) is 54.2 Å². The van der Waals surface area contributed by atoms with Crippen LogP contribution in [-0.2, 0) is 0 Å². The van der Waals surface area contributed by atoms with E-state index in [4.69, 9.17) is 14.2 Å². The van der Waals surface area contributed by atoms with E-state index in [1.165, 1.54) is 16.7 Å². The van der Waals surface area contributed by atoms with Crippen LogP contribution >= 0.6 is 0 Å². The Balaban J connectivity index is 1.07. The molecule has 1 aromatic heterocycles. The van der Waals surface area contributed by atoms with Crippen molar-refractivity contribution in [3.05, 3.63) is 82.2 Å². The molecule has 0 bridgehead atoms. The highest BCUT2D eigenvalue weighted by molar-refractivity contribution is 6.03. The Morgan fingerprint density at radius 1 is 0.976 bits per heavy atom. The van der Waals surface area contributed by atoms with E-state index < -0.39 is 0 Å². The number of carbonyl (C=O) groups is 1. The third-order valence-corrected chi connectivity index (χ3v) is 7.62. The molecule has 0 saturated carbocycles. The predicted molar refractivity (Wildman–Crippen MR) is 157 cm³/mol. The van der Waals surface area contributed by atoms with Crippen LogP contribution in [0.1, 0.15) is 41.9 Å². The van der Waals surface area contributed by atoms with Gasteiger partial charge in [-0.1, -0.05) is 0 Å².